The Hall–Kier alpha value is -3.25. The first-order chi connectivity index (χ1) is 13.5. The van der Waals surface area contributed by atoms with E-state index in [0.717, 1.165) is 20.9 Å². The molecule has 6 heteroatoms. The molecule has 2 heterocycles. The summed E-state index contributed by atoms with van der Waals surface area (Å²) >= 11 is 1.61. The number of hydrogen-bond donors (Lipinski definition) is 1. The average molecular weight is 391 g/mol. The summed E-state index contributed by atoms with van der Waals surface area (Å²) < 4.78 is 0. The molecule has 0 bridgehead atoms. The molecule has 3 rings (SSSR count). The van der Waals surface area contributed by atoms with Gasteiger partial charge in [-0.25, -0.2) is 4.98 Å². The fourth-order valence-electron chi connectivity index (χ4n) is 2.56. The van der Waals surface area contributed by atoms with Crippen molar-refractivity contribution in [3.05, 3.63) is 77.3 Å². The Bertz CT molecular complexity index is 996. The van der Waals surface area contributed by atoms with E-state index in [0.29, 0.717) is 5.82 Å². The minimum absolute atomic E-state index is 0.0432. The number of likely N-dealkylation sites (N-methyl/N-ethyl adjacent to an activating group) is 1. The maximum absolute atomic E-state index is 12.3. The molecule has 0 saturated carbocycles. The lowest BCUT2D eigenvalue weighted by atomic mass is 10.2. The van der Waals surface area contributed by atoms with E-state index in [9.17, 15) is 9.59 Å². The van der Waals surface area contributed by atoms with E-state index in [2.05, 4.69) is 22.4 Å². The highest BCUT2D eigenvalue weighted by molar-refractivity contribution is 7.16. The molecule has 0 unspecified atom stereocenters. The van der Waals surface area contributed by atoms with Crippen LogP contribution >= 0.6 is 11.3 Å². The molecule has 0 radical (unpaired) electrons. The predicted octanol–water partition coefficient (Wildman–Crippen LogP) is 4.23. The van der Waals surface area contributed by atoms with Crippen LogP contribution in [0.4, 0.5) is 5.82 Å². The number of aryl methyl sites for hydroxylation is 1. The summed E-state index contributed by atoms with van der Waals surface area (Å²) in [6, 6.07) is 17.7. The number of pyridine rings is 1. The summed E-state index contributed by atoms with van der Waals surface area (Å²) in [5.41, 5.74) is 2.15. The van der Waals surface area contributed by atoms with E-state index in [1.807, 2.05) is 43.3 Å². The zero-order valence-corrected chi connectivity index (χ0v) is 16.6. The monoisotopic (exact) mass is 391 g/mol. The quantitative estimate of drug-likeness (QED) is 0.640. The molecule has 28 heavy (non-hydrogen) atoms. The molecule has 0 saturated heterocycles. The molecule has 1 aromatic carbocycles. The number of hydrogen-bond acceptors (Lipinski definition) is 4. The number of amides is 2. The Morgan fingerprint density at radius 1 is 1.14 bits per heavy atom. The zero-order chi connectivity index (χ0) is 19.9. The zero-order valence-electron chi connectivity index (χ0n) is 15.8. The third-order valence-corrected chi connectivity index (χ3v) is 5.11. The molecule has 0 atom stereocenters. The van der Waals surface area contributed by atoms with Crippen LogP contribution in [-0.2, 0) is 9.59 Å². The molecular formula is C22H21N3O2S. The molecule has 142 valence electrons. The molecule has 1 N–H and O–H groups in total. The van der Waals surface area contributed by atoms with Gasteiger partial charge in [-0.05, 0) is 48.4 Å². The van der Waals surface area contributed by atoms with Crippen LogP contribution < -0.4 is 5.32 Å². The van der Waals surface area contributed by atoms with Crippen molar-refractivity contribution in [1.29, 1.82) is 0 Å². The van der Waals surface area contributed by atoms with Crippen molar-refractivity contribution in [3.63, 3.8) is 0 Å². The van der Waals surface area contributed by atoms with Crippen molar-refractivity contribution in [2.75, 3.05) is 18.9 Å². The van der Waals surface area contributed by atoms with E-state index in [-0.39, 0.29) is 18.4 Å². The van der Waals surface area contributed by atoms with Gasteiger partial charge in [-0.2, -0.15) is 0 Å². The number of carbonyl (C=O) groups is 2. The van der Waals surface area contributed by atoms with E-state index >= 15 is 0 Å². The van der Waals surface area contributed by atoms with Gasteiger partial charge in [0.05, 0.1) is 6.54 Å². The smallest absolute Gasteiger partial charge is 0.246 e. The lowest BCUT2D eigenvalue weighted by Crippen LogP contribution is -2.34. The van der Waals surface area contributed by atoms with E-state index in [4.69, 9.17) is 0 Å². The number of nitrogens with zero attached hydrogens (tertiary/aromatic N) is 2. The molecule has 0 aliphatic rings. The van der Waals surface area contributed by atoms with Crippen LogP contribution in [0.2, 0.25) is 0 Å². The summed E-state index contributed by atoms with van der Waals surface area (Å²) in [5, 5.41) is 2.70. The van der Waals surface area contributed by atoms with Gasteiger partial charge in [-0.3, -0.25) is 9.59 Å². The van der Waals surface area contributed by atoms with Crippen LogP contribution in [0.5, 0.6) is 0 Å². The standard InChI is InChI=1S/C22H21N3O2S/c1-16-12-13-23-20(14-16)24-21(26)15-25(2)22(27)11-9-18-8-10-19(28-18)17-6-4-3-5-7-17/h3-14H,15H2,1-2H3,(H,23,24,26)/b11-9+. The second kappa shape index (κ2) is 9.10. The van der Waals surface area contributed by atoms with Gasteiger partial charge in [-0.1, -0.05) is 30.3 Å². The lowest BCUT2D eigenvalue weighted by Gasteiger charge is -2.14. The van der Waals surface area contributed by atoms with Gasteiger partial charge in [0.1, 0.15) is 5.82 Å². The number of aromatic nitrogens is 1. The van der Waals surface area contributed by atoms with Gasteiger partial charge in [0, 0.05) is 29.1 Å². The van der Waals surface area contributed by atoms with Crippen LogP contribution in [-0.4, -0.2) is 35.3 Å². The normalized spacial score (nSPS) is 10.8. The maximum atomic E-state index is 12.3. The largest absolute Gasteiger partial charge is 0.333 e. The van der Waals surface area contributed by atoms with E-state index in [1.54, 1.807) is 36.7 Å². The number of thiophene rings is 1. The minimum Gasteiger partial charge on any atom is -0.333 e. The summed E-state index contributed by atoms with van der Waals surface area (Å²) in [6.07, 6.45) is 4.89. The molecule has 0 spiro atoms. The van der Waals surface area contributed by atoms with Crippen molar-refractivity contribution in [2.24, 2.45) is 0 Å². The Morgan fingerprint density at radius 3 is 2.68 bits per heavy atom. The van der Waals surface area contributed by atoms with Crippen molar-refractivity contribution in [3.8, 4) is 10.4 Å². The SMILES string of the molecule is Cc1ccnc(NC(=O)CN(C)C(=O)/C=C/c2ccc(-c3ccccc3)s2)c1. The second-order valence-corrected chi connectivity index (χ2v) is 7.48. The van der Waals surface area contributed by atoms with Crippen molar-refractivity contribution in [2.45, 2.75) is 6.92 Å². The number of nitrogens with one attached hydrogen (secondary N) is 1. The van der Waals surface area contributed by atoms with Crippen LogP contribution in [0.25, 0.3) is 16.5 Å². The van der Waals surface area contributed by atoms with Gasteiger partial charge >= 0.3 is 0 Å². The summed E-state index contributed by atoms with van der Waals surface area (Å²) in [7, 11) is 1.60. The second-order valence-electron chi connectivity index (χ2n) is 6.36. The van der Waals surface area contributed by atoms with Crippen molar-refractivity contribution in [1.82, 2.24) is 9.88 Å². The lowest BCUT2D eigenvalue weighted by molar-refractivity contribution is -0.129. The fourth-order valence-corrected chi connectivity index (χ4v) is 3.48. The Labute approximate surface area is 168 Å². The topological polar surface area (TPSA) is 62.3 Å². The summed E-state index contributed by atoms with van der Waals surface area (Å²) in [5.74, 6) is -0.0414. The number of rotatable bonds is 6. The van der Waals surface area contributed by atoms with Crippen LogP contribution in [0.1, 0.15) is 10.4 Å². The van der Waals surface area contributed by atoms with E-state index < -0.39 is 0 Å². The molecule has 5 nitrogen and oxygen atoms in total. The fraction of sp³-hybridized carbons (Fsp3) is 0.136. The highest BCUT2D eigenvalue weighted by Crippen LogP contribution is 2.28. The van der Waals surface area contributed by atoms with Gasteiger partial charge in [0.2, 0.25) is 11.8 Å². The van der Waals surface area contributed by atoms with Crippen LogP contribution in [0.15, 0.2) is 66.9 Å². The number of anilines is 1. The van der Waals surface area contributed by atoms with Crippen LogP contribution in [0, 0.1) is 6.92 Å². The Kier molecular flexibility index (Phi) is 6.34. The first kappa shape index (κ1) is 19.5. The van der Waals surface area contributed by atoms with Crippen LogP contribution in [0.3, 0.4) is 0 Å². The molecule has 2 amide bonds. The number of carbonyl (C=O) groups excluding carboxylic acids is 2. The highest BCUT2D eigenvalue weighted by Gasteiger charge is 2.11. The molecule has 3 aromatic rings. The minimum atomic E-state index is -0.287. The average Bonchev–Trinajstić information content (AvgIpc) is 3.15. The Balaban J connectivity index is 1.55. The molecule has 0 fully saturated rings. The first-order valence-corrected chi connectivity index (χ1v) is 9.64. The summed E-state index contributed by atoms with van der Waals surface area (Å²) in [4.78, 5) is 32.0. The maximum Gasteiger partial charge on any atom is 0.246 e. The van der Waals surface area contributed by atoms with Gasteiger partial charge in [0.15, 0.2) is 0 Å². The predicted molar refractivity (Wildman–Crippen MR) is 114 cm³/mol. The third kappa shape index (κ3) is 5.37. The Morgan fingerprint density at radius 2 is 1.93 bits per heavy atom. The van der Waals surface area contributed by atoms with Crippen molar-refractivity contribution < 1.29 is 9.59 Å². The number of benzene rings is 1. The van der Waals surface area contributed by atoms with Gasteiger partial charge < -0.3 is 10.2 Å². The molecule has 0 aliphatic heterocycles. The van der Waals surface area contributed by atoms with Crippen molar-refractivity contribution >= 4 is 35.0 Å². The third-order valence-electron chi connectivity index (χ3n) is 4.02. The molecule has 0 aliphatic carbocycles. The molecular weight excluding hydrogens is 370 g/mol. The summed E-state index contributed by atoms with van der Waals surface area (Å²) in [6.45, 7) is 1.88. The van der Waals surface area contributed by atoms with Gasteiger partial charge in [0.25, 0.3) is 0 Å². The first-order valence-electron chi connectivity index (χ1n) is 8.82. The van der Waals surface area contributed by atoms with E-state index in [1.165, 1.54) is 11.0 Å². The highest BCUT2D eigenvalue weighted by atomic mass is 32.1. The molecule has 2 aromatic heterocycles. The van der Waals surface area contributed by atoms with Gasteiger partial charge in [-0.15, -0.1) is 11.3 Å².